The Morgan fingerprint density at radius 1 is 1.20 bits per heavy atom. The van der Waals surface area contributed by atoms with Crippen molar-refractivity contribution in [3.05, 3.63) is 69.5 Å². The minimum atomic E-state index is -4.69. The van der Waals surface area contributed by atoms with E-state index in [1.807, 2.05) is 0 Å². The molecule has 30 heavy (non-hydrogen) atoms. The molecule has 1 unspecified atom stereocenters. The second-order valence-electron chi connectivity index (χ2n) is 6.96. The zero-order valence-electron chi connectivity index (χ0n) is 15.8. The average molecular weight is 425 g/mol. The van der Waals surface area contributed by atoms with E-state index in [-0.39, 0.29) is 36.4 Å². The van der Waals surface area contributed by atoms with Crippen molar-refractivity contribution in [3.8, 4) is 0 Å². The number of likely N-dealkylation sites (tertiary alicyclic amines) is 1. The lowest BCUT2D eigenvalue weighted by atomic mass is 10.0. The maximum absolute atomic E-state index is 13.1. The highest BCUT2D eigenvalue weighted by molar-refractivity contribution is 5.78. The molecule has 2 aromatic rings. The first-order valence-corrected chi connectivity index (χ1v) is 9.31. The minimum Gasteiger partial charge on any atom is -0.379 e. The number of hydrogen-bond acceptors (Lipinski definition) is 4. The van der Waals surface area contributed by atoms with Gasteiger partial charge in [0.1, 0.15) is 11.5 Å². The number of nitro groups is 1. The molecule has 0 radical (unpaired) electrons. The predicted molar refractivity (Wildman–Crippen MR) is 101 cm³/mol. The topological polar surface area (TPSA) is 75.5 Å². The molecule has 1 fully saturated rings. The van der Waals surface area contributed by atoms with E-state index in [2.05, 4.69) is 5.32 Å². The van der Waals surface area contributed by atoms with Crippen LogP contribution in [0.1, 0.15) is 36.4 Å². The molecule has 1 saturated heterocycles. The van der Waals surface area contributed by atoms with E-state index in [0.29, 0.717) is 12.6 Å². The maximum Gasteiger partial charge on any atom is 0.416 e. The molecule has 1 aliphatic heterocycles. The zero-order chi connectivity index (χ0) is 21.9. The van der Waals surface area contributed by atoms with Gasteiger partial charge in [-0.2, -0.15) is 13.2 Å². The minimum absolute atomic E-state index is 0.00979. The van der Waals surface area contributed by atoms with E-state index in [1.165, 1.54) is 12.1 Å². The van der Waals surface area contributed by atoms with Gasteiger partial charge in [-0.3, -0.25) is 14.9 Å². The summed E-state index contributed by atoms with van der Waals surface area (Å²) in [7, 11) is 0. The molecular formula is C20H19F4N3O3. The molecule has 1 aliphatic rings. The van der Waals surface area contributed by atoms with E-state index in [4.69, 9.17) is 0 Å². The van der Waals surface area contributed by atoms with Gasteiger partial charge in [-0.25, -0.2) is 4.39 Å². The highest BCUT2D eigenvalue weighted by atomic mass is 19.4. The number of rotatable bonds is 6. The Labute approximate surface area is 169 Å². The summed E-state index contributed by atoms with van der Waals surface area (Å²) in [5.41, 5.74) is -1.08. The molecule has 0 bridgehead atoms. The van der Waals surface area contributed by atoms with Crippen LogP contribution in [0.3, 0.4) is 0 Å². The number of anilines is 1. The summed E-state index contributed by atoms with van der Waals surface area (Å²) < 4.78 is 51.5. The quantitative estimate of drug-likeness (QED) is 0.405. The fourth-order valence-electron chi connectivity index (χ4n) is 3.55. The first-order chi connectivity index (χ1) is 14.2. The van der Waals surface area contributed by atoms with Crippen LogP contribution in [0.4, 0.5) is 28.9 Å². The van der Waals surface area contributed by atoms with E-state index in [1.54, 1.807) is 17.0 Å². The van der Waals surface area contributed by atoms with Gasteiger partial charge < -0.3 is 10.2 Å². The Morgan fingerprint density at radius 2 is 1.90 bits per heavy atom. The molecule has 10 heteroatoms. The molecule has 2 aromatic carbocycles. The Kier molecular flexibility index (Phi) is 6.23. The van der Waals surface area contributed by atoms with Crippen molar-refractivity contribution in [1.29, 1.82) is 0 Å². The molecule has 1 N–H and O–H groups in total. The van der Waals surface area contributed by atoms with Crippen molar-refractivity contribution in [2.75, 3.05) is 18.4 Å². The first kappa shape index (κ1) is 21.5. The van der Waals surface area contributed by atoms with Crippen LogP contribution in [0.2, 0.25) is 0 Å². The van der Waals surface area contributed by atoms with Gasteiger partial charge in [0.15, 0.2) is 0 Å². The number of halogens is 4. The highest BCUT2D eigenvalue weighted by Crippen LogP contribution is 2.35. The number of nitrogens with one attached hydrogen (secondary N) is 1. The highest BCUT2D eigenvalue weighted by Gasteiger charge is 2.33. The molecule has 0 spiro atoms. The third-order valence-electron chi connectivity index (χ3n) is 5.00. The number of nitrogens with zero attached hydrogens (tertiary/aromatic N) is 2. The van der Waals surface area contributed by atoms with Crippen molar-refractivity contribution >= 4 is 17.3 Å². The lowest BCUT2D eigenvalue weighted by molar-refractivity contribution is -0.384. The number of carbonyl (C=O) groups excluding carboxylic acids is 1. The van der Waals surface area contributed by atoms with E-state index in [9.17, 15) is 32.5 Å². The van der Waals surface area contributed by atoms with Gasteiger partial charge in [0.25, 0.3) is 5.69 Å². The van der Waals surface area contributed by atoms with Gasteiger partial charge in [-0.15, -0.1) is 0 Å². The Morgan fingerprint density at radius 3 is 2.53 bits per heavy atom. The molecule has 1 amide bonds. The molecular weight excluding hydrogens is 406 g/mol. The van der Waals surface area contributed by atoms with E-state index >= 15 is 0 Å². The lowest BCUT2D eigenvalue weighted by Crippen LogP contribution is -2.31. The number of hydrogen-bond donors (Lipinski definition) is 1. The fourth-order valence-corrected chi connectivity index (χ4v) is 3.55. The Bertz CT molecular complexity index is 932. The summed E-state index contributed by atoms with van der Waals surface area (Å²) in [6.07, 6.45) is -3.14. The van der Waals surface area contributed by atoms with Crippen LogP contribution < -0.4 is 5.32 Å². The summed E-state index contributed by atoms with van der Waals surface area (Å²) in [5.74, 6) is -0.555. The predicted octanol–water partition coefficient (Wildman–Crippen LogP) is 4.92. The van der Waals surface area contributed by atoms with Gasteiger partial charge in [-0.05, 0) is 42.7 Å². The van der Waals surface area contributed by atoms with Crippen LogP contribution in [0.25, 0.3) is 0 Å². The normalized spacial score (nSPS) is 16.5. The van der Waals surface area contributed by atoms with Crippen LogP contribution in [0, 0.1) is 15.9 Å². The SMILES string of the molecule is O=C(CCNc1ccc(C(F)(F)F)cc1[N+](=O)[O-])N1CCCC1c1ccc(F)cc1. The van der Waals surface area contributed by atoms with Crippen LogP contribution in [0.5, 0.6) is 0 Å². The number of carbonyl (C=O) groups is 1. The van der Waals surface area contributed by atoms with E-state index < -0.39 is 22.4 Å². The summed E-state index contributed by atoms with van der Waals surface area (Å²) in [6, 6.07) is 7.98. The molecule has 3 rings (SSSR count). The molecule has 6 nitrogen and oxygen atoms in total. The largest absolute Gasteiger partial charge is 0.416 e. The standard InChI is InChI=1S/C20H19F4N3O3/c21-15-6-3-13(4-7-15)17-2-1-11-26(17)19(28)9-10-25-16-8-5-14(20(22,23)24)12-18(16)27(29)30/h3-8,12,17,25H,1-2,9-11H2. The second-order valence-corrected chi connectivity index (χ2v) is 6.96. The molecule has 1 heterocycles. The van der Waals surface area contributed by atoms with Crippen LogP contribution in [-0.2, 0) is 11.0 Å². The third-order valence-corrected chi connectivity index (χ3v) is 5.00. The van der Waals surface area contributed by atoms with Crippen molar-refractivity contribution in [1.82, 2.24) is 4.90 Å². The smallest absolute Gasteiger partial charge is 0.379 e. The van der Waals surface area contributed by atoms with Crippen molar-refractivity contribution < 1.29 is 27.3 Å². The Balaban J connectivity index is 1.64. The summed E-state index contributed by atoms with van der Waals surface area (Å²) in [4.78, 5) is 24.5. The molecule has 0 aliphatic carbocycles. The second kappa shape index (κ2) is 8.68. The monoisotopic (exact) mass is 425 g/mol. The first-order valence-electron chi connectivity index (χ1n) is 9.31. The van der Waals surface area contributed by atoms with Gasteiger partial charge in [-0.1, -0.05) is 12.1 Å². The van der Waals surface area contributed by atoms with Gasteiger partial charge in [0.2, 0.25) is 5.91 Å². The number of amides is 1. The lowest BCUT2D eigenvalue weighted by Gasteiger charge is -2.25. The molecule has 0 saturated carbocycles. The summed E-state index contributed by atoms with van der Waals surface area (Å²) in [6.45, 7) is 0.568. The van der Waals surface area contributed by atoms with Crippen LogP contribution in [0.15, 0.2) is 42.5 Å². The molecule has 160 valence electrons. The van der Waals surface area contributed by atoms with Gasteiger partial charge in [0, 0.05) is 25.6 Å². The van der Waals surface area contributed by atoms with Crippen LogP contribution >= 0.6 is 0 Å². The van der Waals surface area contributed by atoms with Crippen molar-refractivity contribution in [3.63, 3.8) is 0 Å². The molecule has 1 atom stereocenters. The average Bonchev–Trinajstić information content (AvgIpc) is 3.17. The van der Waals surface area contributed by atoms with Crippen LogP contribution in [-0.4, -0.2) is 28.8 Å². The Hall–Kier alpha value is -3.17. The van der Waals surface area contributed by atoms with Gasteiger partial charge >= 0.3 is 6.18 Å². The molecule has 0 aromatic heterocycles. The number of benzene rings is 2. The zero-order valence-corrected chi connectivity index (χ0v) is 15.8. The summed E-state index contributed by atoms with van der Waals surface area (Å²) >= 11 is 0. The van der Waals surface area contributed by atoms with Crippen molar-refractivity contribution in [2.24, 2.45) is 0 Å². The maximum atomic E-state index is 13.1. The third kappa shape index (κ3) is 4.87. The van der Waals surface area contributed by atoms with E-state index in [0.717, 1.165) is 30.5 Å². The summed E-state index contributed by atoms with van der Waals surface area (Å²) in [5, 5.41) is 13.8. The fraction of sp³-hybridized carbons (Fsp3) is 0.350. The number of alkyl halides is 3. The number of nitro benzene ring substituents is 1. The van der Waals surface area contributed by atoms with Crippen molar-refractivity contribution in [2.45, 2.75) is 31.5 Å². The van der Waals surface area contributed by atoms with Gasteiger partial charge in [0.05, 0.1) is 16.5 Å².